The fourth-order valence-electron chi connectivity index (χ4n) is 4.01. The summed E-state index contributed by atoms with van der Waals surface area (Å²) >= 11 is 0. The number of aryl methyl sites for hydroxylation is 2. The van der Waals surface area contributed by atoms with Gasteiger partial charge in [-0.2, -0.15) is 0 Å². The lowest BCUT2D eigenvalue weighted by molar-refractivity contribution is 0.0754. The maximum atomic E-state index is 12.6. The molecule has 1 aliphatic heterocycles. The van der Waals surface area contributed by atoms with E-state index in [9.17, 15) is 9.59 Å². The number of nitrogens with zero attached hydrogens (tertiary/aromatic N) is 5. The van der Waals surface area contributed by atoms with Crippen molar-refractivity contribution in [3.63, 3.8) is 0 Å². The summed E-state index contributed by atoms with van der Waals surface area (Å²) in [5, 5.41) is 2.94. The second-order valence-corrected chi connectivity index (χ2v) is 7.42. The normalized spacial score (nSPS) is 17.7. The Kier molecular flexibility index (Phi) is 3.97. The summed E-state index contributed by atoms with van der Waals surface area (Å²) in [6, 6.07) is 0. The van der Waals surface area contributed by atoms with Crippen LogP contribution in [-0.4, -0.2) is 55.7 Å². The highest BCUT2D eigenvalue weighted by atomic mass is 16.4. The first-order chi connectivity index (χ1) is 14.0. The number of hydrogen-bond acceptors (Lipinski definition) is 6. The summed E-state index contributed by atoms with van der Waals surface area (Å²) in [5.41, 5.74) is 3.79. The van der Waals surface area contributed by atoms with Crippen LogP contribution in [0.15, 0.2) is 40.4 Å². The molecule has 5 rings (SSSR count). The molecule has 29 heavy (non-hydrogen) atoms. The third-order valence-corrected chi connectivity index (χ3v) is 5.51. The Balaban J connectivity index is 1.14. The molecule has 1 aliphatic carbocycles. The molecule has 148 valence electrons. The van der Waals surface area contributed by atoms with Crippen molar-refractivity contribution >= 4 is 17.6 Å². The van der Waals surface area contributed by atoms with Gasteiger partial charge in [0.25, 0.3) is 11.8 Å². The van der Waals surface area contributed by atoms with Crippen LogP contribution >= 0.6 is 0 Å². The Hall–Kier alpha value is -3.49. The summed E-state index contributed by atoms with van der Waals surface area (Å²) in [6.45, 7) is 5.40. The molecule has 1 N–H and O–H groups in total. The number of amides is 2. The number of hydrogen-bond donors (Lipinski definition) is 1. The number of likely N-dealkylation sites (tertiary alicyclic amines) is 1. The zero-order valence-electron chi connectivity index (χ0n) is 16.2. The highest BCUT2D eigenvalue weighted by Gasteiger charge is 2.45. The van der Waals surface area contributed by atoms with Gasteiger partial charge in [0.1, 0.15) is 0 Å². The van der Waals surface area contributed by atoms with Gasteiger partial charge in [0, 0.05) is 57.3 Å². The van der Waals surface area contributed by atoms with Gasteiger partial charge in [-0.1, -0.05) is 5.57 Å². The van der Waals surface area contributed by atoms with Gasteiger partial charge in [0.15, 0.2) is 5.89 Å². The van der Waals surface area contributed by atoms with Crippen molar-refractivity contribution in [1.29, 1.82) is 0 Å². The fourth-order valence-corrected chi connectivity index (χ4v) is 4.01. The molecule has 1 atom stereocenters. The highest BCUT2D eigenvalue weighted by Crippen LogP contribution is 2.47. The Morgan fingerprint density at radius 2 is 2.17 bits per heavy atom. The lowest BCUT2D eigenvalue weighted by atomic mass is 10.2. The number of oxazole rings is 1. The van der Waals surface area contributed by atoms with Gasteiger partial charge >= 0.3 is 0 Å². The maximum Gasteiger partial charge on any atom is 0.291 e. The van der Waals surface area contributed by atoms with Crippen LogP contribution in [0.1, 0.15) is 38.9 Å². The third kappa shape index (κ3) is 3.08. The van der Waals surface area contributed by atoms with E-state index in [4.69, 9.17) is 4.42 Å². The van der Waals surface area contributed by atoms with Crippen LogP contribution < -0.4 is 5.32 Å². The first kappa shape index (κ1) is 17.6. The van der Waals surface area contributed by atoms with Crippen molar-refractivity contribution in [2.45, 2.75) is 20.3 Å². The van der Waals surface area contributed by atoms with E-state index in [1.54, 1.807) is 41.7 Å². The molecule has 0 saturated carbocycles. The first-order valence-corrected chi connectivity index (χ1v) is 9.53. The minimum Gasteiger partial charge on any atom is -0.436 e. The van der Waals surface area contributed by atoms with Gasteiger partial charge in [0.05, 0.1) is 11.3 Å². The molecule has 0 spiro atoms. The molecule has 0 unspecified atom stereocenters. The summed E-state index contributed by atoms with van der Waals surface area (Å²) in [6.07, 6.45) is 7.44. The number of fused-ring (bicyclic) bond motifs is 2. The van der Waals surface area contributed by atoms with Crippen LogP contribution in [0.25, 0.3) is 5.78 Å². The van der Waals surface area contributed by atoms with Crippen LogP contribution in [0.5, 0.6) is 0 Å². The zero-order valence-corrected chi connectivity index (χ0v) is 16.2. The van der Waals surface area contributed by atoms with Crippen LogP contribution in [-0.2, 0) is 0 Å². The average molecular weight is 392 g/mol. The molecule has 4 heterocycles. The predicted molar refractivity (Wildman–Crippen MR) is 102 cm³/mol. The van der Waals surface area contributed by atoms with Crippen molar-refractivity contribution in [3.05, 3.63) is 58.8 Å². The van der Waals surface area contributed by atoms with Gasteiger partial charge in [-0.15, -0.1) is 0 Å². The van der Waals surface area contributed by atoms with Crippen LogP contribution in [0.3, 0.4) is 0 Å². The molecule has 1 fully saturated rings. The molecular weight excluding hydrogens is 372 g/mol. The third-order valence-electron chi connectivity index (χ3n) is 5.51. The van der Waals surface area contributed by atoms with Crippen molar-refractivity contribution in [3.8, 4) is 0 Å². The topological polar surface area (TPSA) is 106 Å². The Morgan fingerprint density at radius 3 is 2.90 bits per heavy atom. The molecule has 3 aromatic heterocycles. The fraction of sp³-hybridized carbons (Fsp3) is 0.350. The van der Waals surface area contributed by atoms with Crippen molar-refractivity contribution in [2.75, 3.05) is 19.6 Å². The number of imidazole rings is 1. The standard InChI is InChI=1S/C20H20N6O3/c1-11-17(29-12(2)24-11)19(28)26-9-15-14(16(15)10-26)3-4-21-18(27)13-7-23-20-22-5-6-25(20)8-13/h5-8,15H,3-4,9-10H2,1-2H3,(H,21,27)/t15-/m0/s1. The summed E-state index contributed by atoms with van der Waals surface area (Å²) in [7, 11) is 0. The van der Waals surface area contributed by atoms with Gasteiger partial charge < -0.3 is 14.6 Å². The van der Waals surface area contributed by atoms with E-state index >= 15 is 0 Å². The molecule has 2 amide bonds. The Labute approximate surface area is 166 Å². The van der Waals surface area contributed by atoms with Gasteiger partial charge in [-0.05, 0) is 18.9 Å². The van der Waals surface area contributed by atoms with Crippen molar-refractivity contribution < 1.29 is 14.0 Å². The maximum absolute atomic E-state index is 12.6. The molecule has 3 aromatic rings. The second-order valence-electron chi connectivity index (χ2n) is 7.42. The molecule has 0 bridgehead atoms. The van der Waals surface area contributed by atoms with E-state index < -0.39 is 0 Å². The number of aromatic nitrogens is 4. The van der Waals surface area contributed by atoms with E-state index in [2.05, 4.69) is 20.3 Å². The highest BCUT2D eigenvalue weighted by molar-refractivity contribution is 5.94. The number of carbonyl (C=O) groups is 2. The minimum atomic E-state index is -0.155. The molecule has 1 saturated heterocycles. The SMILES string of the molecule is Cc1nc(C)c(C(=O)N2CC3=C(CCNC(=O)c4cnc5nccn5c4)[C@@H]3C2)o1. The lowest BCUT2D eigenvalue weighted by Gasteiger charge is -2.16. The predicted octanol–water partition coefficient (Wildman–Crippen LogP) is 1.54. The number of carbonyl (C=O) groups excluding carboxylic acids is 2. The smallest absolute Gasteiger partial charge is 0.291 e. The summed E-state index contributed by atoms with van der Waals surface area (Å²) < 4.78 is 7.16. The van der Waals surface area contributed by atoms with Crippen molar-refractivity contribution in [1.82, 2.24) is 29.6 Å². The number of rotatable bonds is 5. The molecular formula is C20H20N6O3. The molecule has 9 heteroatoms. The Morgan fingerprint density at radius 1 is 1.31 bits per heavy atom. The van der Waals surface area contributed by atoms with Crippen LogP contribution in [0.4, 0.5) is 0 Å². The van der Waals surface area contributed by atoms with Crippen molar-refractivity contribution in [2.24, 2.45) is 5.92 Å². The summed E-state index contributed by atoms with van der Waals surface area (Å²) in [4.78, 5) is 39.1. The molecule has 2 aliphatic rings. The van der Waals surface area contributed by atoms with Crippen LogP contribution in [0.2, 0.25) is 0 Å². The number of nitrogens with one attached hydrogen (secondary N) is 1. The van der Waals surface area contributed by atoms with Gasteiger partial charge in [-0.3, -0.25) is 14.0 Å². The van der Waals surface area contributed by atoms with E-state index in [0.29, 0.717) is 54.2 Å². The van der Waals surface area contributed by atoms with Gasteiger partial charge in [0.2, 0.25) is 11.5 Å². The molecule has 0 aromatic carbocycles. The Bertz CT molecular complexity index is 1170. The monoisotopic (exact) mass is 392 g/mol. The van der Waals surface area contributed by atoms with E-state index in [-0.39, 0.29) is 11.8 Å². The largest absolute Gasteiger partial charge is 0.436 e. The average Bonchev–Trinajstić information content (AvgIpc) is 3.14. The second kappa shape index (κ2) is 6.54. The molecule has 9 nitrogen and oxygen atoms in total. The van der Waals surface area contributed by atoms with E-state index in [1.807, 2.05) is 0 Å². The van der Waals surface area contributed by atoms with Crippen LogP contribution in [0, 0.1) is 19.8 Å². The lowest BCUT2D eigenvalue weighted by Crippen LogP contribution is -2.30. The van der Waals surface area contributed by atoms with Gasteiger partial charge in [-0.25, -0.2) is 15.0 Å². The quantitative estimate of drug-likeness (QED) is 0.660. The minimum absolute atomic E-state index is 0.0992. The zero-order chi connectivity index (χ0) is 20.1. The van der Waals surface area contributed by atoms with E-state index in [0.717, 1.165) is 6.42 Å². The van der Waals surface area contributed by atoms with E-state index in [1.165, 1.54) is 17.3 Å². The molecule has 0 radical (unpaired) electrons. The first-order valence-electron chi connectivity index (χ1n) is 9.53. The summed E-state index contributed by atoms with van der Waals surface area (Å²) in [5.74, 6) is 1.50.